The zero-order valence-electron chi connectivity index (χ0n) is 13.5. The maximum absolute atomic E-state index is 13.1. The van der Waals surface area contributed by atoms with Crippen molar-refractivity contribution in [3.05, 3.63) is 42.2 Å². The van der Waals surface area contributed by atoms with E-state index in [1.807, 2.05) is 12.1 Å². The van der Waals surface area contributed by atoms with Crippen molar-refractivity contribution in [1.29, 1.82) is 0 Å². The number of fused-ring (bicyclic) bond motifs is 1. The third kappa shape index (κ3) is 3.36. The lowest BCUT2D eigenvalue weighted by Crippen LogP contribution is -2.26. The van der Waals surface area contributed by atoms with Crippen LogP contribution in [0.4, 0.5) is 10.3 Å². The van der Waals surface area contributed by atoms with Crippen LogP contribution < -0.4 is 10.5 Å². The maximum atomic E-state index is 13.1. The fourth-order valence-corrected chi connectivity index (χ4v) is 2.82. The van der Waals surface area contributed by atoms with Crippen molar-refractivity contribution in [1.82, 2.24) is 15.0 Å². The molecule has 7 heteroatoms. The molecule has 128 valence electrons. The molecule has 1 aliphatic rings. The monoisotopic (exact) mass is 340 g/mol. The van der Waals surface area contributed by atoms with E-state index in [1.54, 1.807) is 12.1 Å². The third-order valence-electron chi connectivity index (χ3n) is 4.11. The average Bonchev–Trinajstić information content (AvgIpc) is 2.63. The molecule has 0 saturated carbocycles. The molecule has 3 aromatic rings. The quantitative estimate of drug-likeness (QED) is 0.789. The first-order valence-corrected chi connectivity index (χ1v) is 8.14. The molecular formula is C18H17FN4O2. The highest BCUT2D eigenvalue weighted by Crippen LogP contribution is 2.27. The molecule has 1 fully saturated rings. The Labute approximate surface area is 143 Å². The second-order valence-electron chi connectivity index (χ2n) is 5.89. The number of halogens is 1. The molecular weight excluding hydrogens is 323 g/mol. The van der Waals surface area contributed by atoms with E-state index in [2.05, 4.69) is 15.0 Å². The van der Waals surface area contributed by atoms with Crippen LogP contribution in [0.2, 0.25) is 0 Å². The fraction of sp³-hybridized carbons (Fsp3) is 0.278. The number of rotatable bonds is 3. The average molecular weight is 340 g/mol. The number of nitrogens with zero attached hydrogens (tertiary/aromatic N) is 3. The lowest BCUT2D eigenvalue weighted by atomic mass is 10.1. The Bertz CT molecular complexity index is 895. The summed E-state index contributed by atoms with van der Waals surface area (Å²) >= 11 is 0. The van der Waals surface area contributed by atoms with Crippen LogP contribution in [0.15, 0.2) is 36.4 Å². The number of benzene rings is 1. The predicted octanol–water partition coefficient (Wildman–Crippen LogP) is 2.97. The van der Waals surface area contributed by atoms with Crippen molar-refractivity contribution in [2.75, 3.05) is 18.9 Å². The van der Waals surface area contributed by atoms with Gasteiger partial charge in [0.2, 0.25) is 11.8 Å². The van der Waals surface area contributed by atoms with Gasteiger partial charge in [-0.05, 0) is 36.4 Å². The number of aromatic nitrogens is 3. The summed E-state index contributed by atoms with van der Waals surface area (Å²) in [6, 6.07) is 9.80. The van der Waals surface area contributed by atoms with E-state index < -0.39 is 0 Å². The summed E-state index contributed by atoms with van der Waals surface area (Å²) in [5.41, 5.74) is 8.45. The smallest absolute Gasteiger partial charge is 0.245 e. The van der Waals surface area contributed by atoms with E-state index in [1.165, 1.54) is 12.1 Å². The van der Waals surface area contributed by atoms with Crippen molar-refractivity contribution < 1.29 is 13.9 Å². The SMILES string of the molecule is Nc1nc(OC2CCOCC2)c2nc(-c3ccc(F)cc3)ccc2n1. The van der Waals surface area contributed by atoms with Crippen molar-refractivity contribution in [2.45, 2.75) is 18.9 Å². The minimum atomic E-state index is -0.288. The lowest BCUT2D eigenvalue weighted by molar-refractivity contribution is 0.0244. The Balaban J connectivity index is 1.75. The predicted molar refractivity (Wildman–Crippen MR) is 91.6 cm³/mol. The largest absolute Gasteiger partial charge is 0.473 e. The highest BCUT2D eigenvalue weighted by molar-refractivity contribution is 5.83. The van der Waals surface area contributed by atoms with Gasteiger partial charge in [0.25, 0.3) is 0 Å². The van der Waals surface area contributed by atoms with Crippen molar-refractivity contribution >= 4 is 17.0 Å². The van der Waals surface area contributed by atoms with Crippen LogP contribution in [-0.4, -0.2) is 34.3 Å². The standard InChI is InChI=1S/C18H17FN4O2/c19-12-3-1-11(2-4-12)14-5-6-15-16(21-14)17(23-18(20)22-15)25-13-7-9-24-10-8-13/h1-6,13H,7-10H2,(H2,20,22,23). The molecule has 6 nitrogen and oxygen atoms in total. The van der Waals surface area contributed by atoms with E-state index >= 15 is 0 Å². The number of hydrogen-bond acceptors (Lipinski definition) is 6. The number of ether oxygens (including phenoxy) is 2. The molecule has 0 amide bonds. The molecule has 0 aliphatic carbocycles. The van der Waals surface area contributed by atoms with E-state index in [-0.39, 0.29) is 17.9 Å². The first-order chi connectivity index (χ1) is 12.2. The lowest BCUT2D eigenvalue weighted by Gasteiger charge is -2.23. The van der Waals surface area contributed by atoms with Gasteiger partial charge < -0.3 is 15.2 Å². The fourth-order valence-electron chi connectivity index (χ4n) is 2.82. The van der Waals surface area contributed by atoms with Crippen LogP contribution in [0.3, 0.4) is 0 Å². The van der Waals surface area contributed by atoms with Gasteiger partial charge in [0, 0.05) is 18.4 Å². The van der Waals surface area contributed by atoms with Gasteiger partial charge >= 0.3 is 0 Å². The highest BCUT2D eigenvalue weighted by Gasteiger charge is 2.19. The summed E-state index contributed by atoms with van der Waals surface area (Å²) < 4.78 is 24.5. The molecule has 0 unspecified atom stereocenters. The molecule has 25 heavy (non-hydrogen) atoms. The number of hydrogen-bond donors (Lipinski definition) is 1. The Morgan fingerprint density at radius 3 is 2.52 bits per heavy atom. The van der Waals surface area contributed by atoms with Crippen LogP contribution in [0.1, 0.15) is 12.8 Å². The molecule has 1 aliphatic heterocycles. The van der Waals surface area contributed by atoms with Crippen LogP contribution >= 0.6 is 0 Å². The number of nitrogen functional groups attached to an aromatic ring is 1. The van der Waals surface area contributed by atoms with Crippen LogP contribution in [0, 0.1) is 5.82 Å². The Hall–Kier alpha value is -2.80. The number of pyridine rings is 1. The van der Waals surface area contributed by atoms with Crippen molar-refractivity contribution in [2.24, 2.45) is 0 Å². The maximum Gasteiger partial charge on any atom is 0.245 e. The second-order valence-corrected chi connectivity index (χ2v) is 5.89. The molecule has 2 N–H and O–H groups in total. The Kier molecular flexibility index (Phi) is 4.15. The zero-order chi connectivity index (χ0) is 17.2. The van der Waals surface area contributed by atoms with Gasteiger partial charge in [-0.25, -0.2) is 14.4 Å². The minimum Gasteiger partial charge on any atom is -0.473 e. The van der Waals surface area contributed by atoms with E-state index in [4.69, 9.17) is 15.2 Å². The van der Waals surface area contributed by atoms with Crippen LogP contribution in [0.25, 0.3) is 22.3 Å². The molecule has 3 heterocycles. The van der Waals surface area contributed by atoms with Crippen molar-refractivity contribution in [3.63, 3.8) is 0 Å². The minimum absolute atomic E-state index is 0.0162. The third-order valence-corrected chi connectivity index (χ3v) is 4.11. The molecule has 0 atom stereocenters. The van der Waals surface area contributed by atoms with E-state index in [0.29, 0.717) is 35.8 Å². The molecule has 0 spiro atoms. The normalized spacial score (nSPS) is 15.4. The van der Waals surface area contributed by atoms with Crippen LogP contribution in [-0.2, 0) is 4.74 Å². The van der Waals surface area contributed by atoms with Crippen LogP contribution in [0.5, 0.6) is 5.88 Å². The van der Waals surface area contributed by atoms with Gasteiger partial charge in [-0.1, -0.05) is 0 Å². The molecule has 0 radical (unpaired) electrons. The van der Waals surface area contributed by atoms with Gasteiger partial charge in [-0.15, -0.1) is 0 Å². The summed E-state index contributed by atoms with van der Waals surface area (Å²) in [5, 5.41) is 0. The van der Waals surface area contributed by atoms with Crippen molar-refractivity contribution in [3.8, 4) is 17.1 Å². The summed E-state index contributed by atoms with van der Waals surface area (Å²) in [7, 11) is 0. The van der Waals surface area contributed by atoms with Gasteiger partial charge in [0.05, 0.1) is 24.4 Å². The molecule has 1 saturated heterocycles. The summed E-state index contributed by atoms with van der Waals surface area (Å²) in [6.45, 7) is 1.33. The second kappa shape index (κ2) is 6.60. The summed E-state index contributed by atoms with van der Waals surface area (Å²) in [5.74, 6) is 0.230. The van der Waals surface area contributed by atoms with Gasteiger partial charge in [0.15, 0.2) is 5.52 Å². The van der Waals surface area contributed by atoms with E-state index in [9.17, 15) is 4.39 Å². The molecule has 4 rings (SSSR count). The van der Waals surface area contributed by atoms with Gasteiger partial charge in [-0.2, -0.15) is 4.98 Å². The number of nitrogens with two attached hydrogens (primary N) is 1. The molecule has 0 bridgehead atoms. The highest BCUT2D eigenvalue weighted by atomic mass is 19.1. The Morgan fingerprint density at radius 1 is 1.00 bits per heavy atom. The first-order valence-electron chi connectivity index (χ1n) is 8.14. The van der Waals surface area contributed by atoms with Gasteiger partial charge in [-0.3, -0.25) is 0 Å². The van der Waals surface area contributed by atoms with E-state index in [0.717, 1.165) is 18.4 Å². The number of anilines is 1. The topological polar surface area (TPSA) is 83.2 Å². The molecule has 2 aromatic heterocycles. The van der Waals surface area contributed by atoms with Gasteiger partial charge in [0.1, 0.15) is 11.9 Å². The zero-order valence-corrected chi connectivity index (χ0v) is 13.5. The summed E-state index contributed by atoms with van der Waals surface area (Å²) in [6.07, 6.45) is 1.61. The molecule has 1 aromatic carbocycles. The Morgan fingerprint density at radius 2 is 1.76 bits per heavy atom. The summed E-state index contributed by atoms with van der Waals surface area (Å²) in [4.78, 5) is 13.1. The first kappa shape index (κ1) is 15.7.